The minimum absolute atomic E-state index is 0.692. The Morgan fingerprint density at radius 1 is 1.50 bits per heavy atom. The van der Waals surface area contributed by atoms with Crippen LogP contribution in [0.2, 0.25) is 0 Å². The standard InChI is InChI=1S/C7H14N2S/c1-6(2)4-5-9-7(10)8-3/h4H,5H2,1-3H3,(H2,8,9,10). The molecule has 2 nitrogen and oxygen atoms in total. The molecule has 0 aliphatic heterocycles. The minimum Gasteiger partial charge on any atom is -0.366 e. The summed E-state index contributed by atoms with van der Waals surface area (Å²) >= 11 is 4.86. The molecule has 0 unspecified atom stereocenters. The van der Waals surface area contributed by atoms with Crippen LogP contribution in [0.3, 0.4) is 0 Å². The van der Waals surface area contributed by atoms with Crippen LogP contribution in [-0.4, -0.2) is 18.7 Å². The van der Waals surface area contributed by atoms with Gasteiger partial charge in [0.05, 0.1) is 0 Å². The van der Waals surface area contributed by atoms with Gasteiger partial charge in [-0.3, -0.25) is 0 Å². The van der Waals surface area contributed by atoms with Crippen LogP contribution in [0.1, 0.15) is 13.8 Å². The molecule has 3 heteroatoms. The van der Waals surface area contributed by atoms with Crippen LogP contribution >= 0.6 is 12.2 Å². The zero-order valence-corrected chi connectivity index (χ0v) is 7.51. The van der Waals surface area contributed by atoms with Gasteiger partial charge in [-0.15, -0.1) is 0 Å². The predicted octanol–water partition coefficient (Wildman–Crippen LogP) is 1.05. The maximum absolute atomic E-state index is 4.86. The molecule has 0 spiro atoms. The third-order valence-electron chi connectivity index (χ3n) is 1.000. The molecule has 0 bridgehead atoms. The Kier molecular flexibility index (Phi) is 4.94. The first kappa shape index (κ1) is 9.43. The predicted molar refractivity (Wildman–Crippen MR) is 49.1 cm³/mol. The quantitative estimate of drug-likeness (QED) is 0.464. The third-order valence-corrected chi connectivity index (χ3v) is 1.35. The Balaban J connectivity index is 3.37. The highest BCUT2D eigenvalue weighted by molar-refractivity contribution is 7.80. The van der Waals surface area contributed by atoms with Crippen molar-refractivity contribution in [3.05, 3.63) is 11.6 Å². The van der Waals surface area contributed by atoms with Crippen molar-refractivity contribution in [2.45, 2.75) is 13.8 Å². The van der Waals surface area contributed by atoms with Crippen molar-refractivity contribution in [3.63, 3.8) is 0 Å². The Bertz CT molecular complexity index is 137. The number of nitrogens with one attached hydrogen (secondary N) is 2. The number of thiocarbonyl (C=S) groups is 1. The molecule has 0 amide bonds. The molecule has 58 valence electrons. The van der Waals surface area contributed by atoms with E-state index in [-0.39, 0.29) is 0 Å². The van der Waals surface area contributed by atoms with E-state index in [0.29, 0.717) is 5.11 Å². The molecule has 0 atom stereocenters. The molecule has 10 heavy (non-hydrogen) atoms. The average molecular weight is 158 g/mol. The summed E-state index contributed by atoms with van der Waals surface area (Å²) in [7, 11) is 1.80. The maximum Gasteiger partial charge on any atom is 0.166 e. The van der Waals surface area contributed by atoms with Gasteiger partial charge in [0.15, 0.2) is 5.11 Å². The normalized spacial score (nSPS) is 8.30. The van der Waals surface area contributed by atoms with E-state index in [2.05, 4.69) is 30.6 Å². The van der Waals surface area contributed by atoms with Crippen LogP contribution in [0.5, 0.6) is 0 Å². The minimum atomic E-state index is 0.692. The highest BCUT2D eigenvalue weighted by atomic mass is 32.1. The second kappa shape index (κ2) is 5.23. The van der Waals surface area contributed by atoms with Gasteiger partial charge in [-0.05, 0) is 26.1 Å². The number of hydrogen-bond acceptors (Lipinski definition) is 1. The van der Waals surface area contributed by atoms with Crippen molar-refractivity contribution in [1.82, 2.24) is 10.6 Å². The van der Waals surface area contributed by atoms with Gasteiger partial charge in [0.1, 0.15) is 0 Å². The van der Waals surface area contributed by atoms with Crippen LogP contribution in [0.15, 0.2) is 11.6 Å². The van der Waals surface area contributed by atoms with Crippen molar-refractivity contribution in [2.24, 2.45) is 0 Å². The summed E-state index contributed by atoms with van der Waals surface area (Å²) < 4.78 is 0. The van der Waals surface area contributed by atoms with E-state index in [1.54, 1.807) is 7.05 Å². The molecule has 0 saturated carbocycles. The zero-order chi connectivity index (χ0) is 7.98. The summed E-state index contributed by atoms with van der Waals surface area (Å²) in [6, 6.07) is 0. The monoisotopic (exact) mass is 158 g/mol. The van der Waals surface area contributed by atoms with Gasteiger partial charge in [-0.1, -0.05) is 11.6 Å². The molecule has 0 radical (unpaired) electrons. The summed E-state index contributed by atoms with van der Waals surface area (Å²) in [6.07, 6.45) is 2.09. The second-order valence-corrected chi connectivity index (χ2v) is 2.65. The lowest BCUT2D eigenvalue weighted by Crippen LogP contribution is -2.32. The fourth-order valence-electron chi connectivity index (χ4n) is 0.436. The highest BCUT2D eigenvalue weighted by Crippen LogP contribution is 1.84. The smallest absolute Gasteiger partial charge is 0.166 e. The molecule has 0 rings (SSSR count). The van der Waals surface area contributed by atoms with Crippen molar-refractivity contribution in [2.75, 3.05) is 13.6 Å². The summed E-state index contributed by atoms with van der Waals surface area (Å²) in [5, 5.41) is 6.53. The molecule has 0 saturated heterocycles. The molecule has 0 heterocycles. The first-order valence-corrected chi connectivity index (χ1v) is 3.66. The maximum atomic E-state index is 4.86. The third kappa shape index (κ3) is 5.56. The second-order valence-electron chi connectivity index (χ2n) is 2.24. The fraction of sp³-hybridized carbons (Fsp3) is 0.571. The van der Waals surface area contributed by atoms with Gasteiger partial charge in [0, 0.05) is 13.6 Å². The topological polar surface area (TPSA) is 24.1 Å². The van der Waals surface area contributed by atoms with E-state index >= 15 is 0 Å². The average Bonchev–Trinajstić information content (AvgIpc) is 1.87. The van der Waals surface area contributed by atoms with E-state index in [1.807, 2.05) is 0 Å². The molecule has 0 fully saturated rings. The number of hydrogen-bond donors (Lipinski definition) is 2. The fourth-order valence-corrected chi connectivity index (χ4v) is 0.520. The van der Waals surface area contributed by atoms with Crippen molar-refractivity contribution in [3.8, 4) is 0 Å². The van der Waals surface area contributed by atoms with Gasteiger partial charge in [0.25, 0.3) is 0 Å². The van der Waals surface area contributed by atoms with Crippen molar-refractivity contribution in [1.29, 1.82) is 0 Å². The molecular weight excluding hydrogens is 144 g/mol. The first-order valence-electron chi connectivity index (χ1n) is 3.25. The lowest BCUT2D eigenvalue weighted by molar-refractivity contribution is 0.981. The number of rotatable bonds is 2. The zero-order valence-electron chi connectivity index (χ0n) is 6.69. The van der Waals surface area contributed by atoms with E-state index < -0.39 is 0 Å². The summed E-state index contributed by atoms with van der Waals surface area (Å²) in [4.78, 5) is 0. The van der Waals surface area contributed by atoms with Crippen LogP contribution in [0.4, 0.5) is 0 Å². The summed E-state index contributed by atoms with van der Waals surface area (Å²) in [5.74, 6) is 0. The molecule has 0 aromatic carbocycles. The van der Waals surface area contributed by atoms with E-state index in [9.17, 15) is 0 Å². The van der Waals surface area contributed by atoms with Crippen molar-refractivity contribution < 1.29 is 0 Å². The molecule has 0 aromatic heterocycles. The Labute approximate surface area is 67.7 Å². The Morgan fingerprint density at radius 3 is 2.50 bits per heavy atom. The van der Waals surface area contributed by atoms with E-state index in [1.165, 1.54) is 5.57 Å². The van der Waals surface area contributed by atoms with Crippen LogP contribution in [0, 0.1) is 0 Å². The first-order chi connectivity index (χ1) is 4.66. The highest BCUT2D eigenvalue weighted by Gasteiger charge is 1.84. The van der Waals surface area contributed by atoms with E-state index in [0.717, 1.165) is 6.54 Å². The van der Waals surface area contributed by atoms with Gasteiger partial charge >= 0.3 is 0 Å². The molecular formula is C7H14N2S. The van der Waals surface area contributed by atoms with Gasteiger partial charge in [0.2, 0.25) is 0 Å². The van der Waals surface area contributed by atoms with Crippen molar-refractivity contribution >= 4 is 17.3 Å². The number of allylic oxidation sites excluding steroid dienone is 1. The summed E-state index contributed by atoms with van der Waals surface area (Å²) in [5.41, 5.74) is 1.30. The lowest BCUT2D eigenvalue weighted by Gasteiger charge is -2.02. The molecule has 0 aliphatic rings. The van der Waals surface area contributed by atoms with E-state index in [4.69, 9.17) is 12.2 Å². The van der Waals surface area contributed by atoms with Gasteiger partial charge in [-0.25, -0.2) is 0 Å². The van der Waals surface area contributed by atoms with Gasteiger partial charge < -0.3 is 10.6 Å². The Morgan fingerprint density at radius 2 is 2.10 bits per heavy atom. The molecule has 0 aromatic rings. The van der Waals surface area contributed by atoms with Crippen LogP contribution in [-0.2, 0) is 0 Å². The van der Waals surface area contributed by atoms with Gasteiger partial charge in [-0.2, -0.15) is 0 Å². The Hall–Kier alpha value is -0.570. The SMILES string of the molecule is CNC(=S)NCC=C(C)C. The largest absolute Gasteiger partial charge is 0.366 e. The van der Waals surface area contributed by atoms with Crippen LogP contribution < -0.4 is 10.6 Å². The molecule has 2 N–H and O–H groups in total. The lowest BCUT2D eigenvalue weighted by atomic mass is 10.3. The van der Waals surface area contributed by atoms with Crippen LogP contribution in [0.25, 0.3) is 0 Å². The molecule has 0 aliphatic carbocycles. The summed E-state index contributed by atoms with van der Waals surface area (Å²) in [6.45, 7) is 4.93.